The molecule has 3 rings (SSSR count). The van der Waals surface area contributed by atoms with Crippen LogP contribution < -0.4 is 9.62 Å². The number of aryl methyl sites for hydroxylation is 2. The maximum Gasteiger partial charge on any atom is 0.264 e. The van der Waals surface area contributed by atoms with E-state index in [1.807, 2.05) is 50.2 Å². The highest BCUT2D eigenvalue weighted by atomic mass is 32.2. The maximum absolute atomic E-state index is 13.3. The molecule has 3 aromatic carbocycles. The van der Waals surface area contributed by atoms with Crippen molar-refractivity contribution in [2.24, 2.45) is 0 Å². The lowest BCUT2D eigenvalue weighted by atomic mass is 10.1. The molecule has 0 atom stereocenters. The molecule has 6 heteroatoms. The Hall–Kier alpha value is -3.12. The third-order valence-electron chi connectivity index (χ3n) is 4.92. The van der Waals surface area contributed by atoms with E-state index < -0.39 is 15.9 Å². The van der Waals surface area contributed by atoms with Crippen LogP contribution in [0, 0.1) is 0 Å². The Morgan fingerprint density at radius 2 is 1.47 bits per heavy atom. The first-order valence-corrected chi connectivity index (χ1v) is 11.4. The van der Waals surface area contributed by atoms with E-state index in [1.54, 1.807) is 30.3 Å². The highest BCUT2D eigenvalue weighted by Crippen LogP contribution is 2.25. The molecule has 156 valence electrons. The molecule has 0 heterocycles. The van der Waals surface area contributed by atoms with Gasteiger partial charge < -0.3 is 5.32 Å². The van der Waals surface area contributed by atoms with Crippen LogP contribution in [0.4, 0.5) is 11.4 Å². The lowest BCUT2D eigenvalue weighted by Gasteiger charge is -2.24. The summed E-state index contributed by atoms with van der Waals surface area (Å²) in [6.07, 6.45) is 1.61. The molecule has 0 aromatic heterocycles. The highest BCUT2D eigenvalue weighted by molar-refractivity contribution is 7.92. The van der Waals surface area contributed by atoms with Gasteiger partial charge in [-0.15, -0.1) is 0 Å². The molecule has 0 aliphatic rings. The Morgan fingerprint density at radius 1 is 0.833 bits per heavy atom. The summed E-state index contributed by atoms with van der Waals surface area (Å²) in [4.78, 5) is 13.0. The van der Waals surface area contributed by atoms with Crippen molar-refractivity contribution in [3.05, 3.63) is 90.0 Å². The van der Waals surface area contributed by atoms with Crippen LogP contribution >= 0.6 is 0 Å². The second-order valence-electron chi connectivity index (χ2n) is 6.90. The van der Waals surface area contributed by atoms with Crippen LogP contribution in [0.1, 0.15) is 25.0 Å². The number of hydrogen-bond acceptors (Lipinski definition) is 3. The molecular weight excluding hydrogens is 396 g/mol. The van der Waals surface area contributed by atoms with E-state index in [9.17, 15) is 13.2 Å². The first kappa shape index (κ1) is 21.6. The third kappa shape index (κ3) is 4.89. The van der Waals surface area contributed by atoms with Crippen molar-refractivity contribution >= 4 is 27.3 Å². The number of amides is 1. The van der Waals surface area contributed by atoms with E-state index in [-0.39, 0.29) is 11.4 Å². The van der Waals surface area contributed by atoms with Crippen LogP contribution in [0.25, 0.3) is 0 Å². The zero-order chi connectivity index (χ0) is 21.6. The minimum Gasteiger partial charge on any atom is -0.324 e. The quantitative estimate of drug-likeness (QED) is 0.575. The number of anilines is 2. The topological polar surface area (TPSA) is 66.5 Å². The molecule has 30 heavy (non-hydrogen) atoms. The van der Waals surface area contributed by atoms with Crippen LogP contribution in [0.5, 0.6) is 0 Å². The Morgan fingerprint density at radius 3 is 2.10 bits per heavy atom. The van der Waals surface area contributed by atoms with E-state index in [1.165, 1.54) is 12.1 Å². The van der Waals surface area contributed by atoms with Crippen LogP contribution in [-0.2, 0) is 27.7 Å². The average Bonchev–Trinajstić information content (AvgIpc) is 2.78. The fourth-order valence-corrected chi connectivity index (χ4v) is 4.65. The maximum atomic E-state index is 13.3. The number of rotatable bonds is 8. The molecule has 1 amide bonds. The van der Waals surface area contributed by atoms with E-state index in [2.05, 4.69) is 5.32 Å². The van der Waals surface area contributed by atoms with Gasteiger partial charge >= 0.3 is 0 Å². The molecule has 0 fully saturated rings. The smallest absolute Gasteiger partial charge is 0.264 e. The van der Waals surface area contributed by atoms with Crippen molar-refractivity contribution in [3.8, 4) is 0 Å². The summed E-state index contributed by atoms with van der Waals surface area (Å²) >= 11 is 0. The molecule has 5 nitrogen and oxygen atoms in total. The van der Waals surface area contributed by atoms with Gasteiger partial charge in [-0.05, 0) is 54.3 Å². The zero-order valence-corrected chi connectivity index (χ0v) is 18.0. The molecule has 0 unspecified atom stereocenters. The summed E-state index contributed by atoms with van der Waals surface area (Å²) in [5.41, 5.74) is 3.24. The molecule has 3 aromatic rings. The lowest BCUT2D eigenvalue weighted by molar-refractivity contribution is -0.114. The zero-order valence-electron chi connectivity index (χ0n) is 17.2. The average molecular weight is 423 g/mol. The van der Waals surface area contributed by atoms with Crippen molar-refractivity contribution in [1.82, 2.24) is 0 Å². The molecule has 0 aliphatic carbocycles. The fraction of sp³-hybridized carbons (Fsp3) is 0.208. The molecule has 1 N–H and O–H groups in total. The number of nitrogens with zero attached hydrogens (tertiary/aromatic N) is 1. The van der Waals surface area contributed by atoms with Gasteiger partial charge in [0, 0.05) is 5.69 Å². The molecule has 0 saturated heterocycles. The Labute approximate surface area is 178 Å². The van der Waals surface area contributed by atoms with Crippen molar-refractivity contribution in [3.63, 3.8) is 0 Å². The van der Waals surface area contributed by atoms with E-state index >= 15 is 0 Å². The van der Waals surface area contributed by atoms with Gasteiger partial charge in [0.1, 0.15) is 6.54 Å². The predicted octanol–water partition coefficient (Wildman–Crippen LogP) is 4.65. The number of sulfonamides is 1. The standard InChI is InChI=1S/C24H26N2O3S/c1-3-19-14-16-21(17-15-19)26(30(28,29)22-11-6-5-7-12-22)18-24(27)25-23-13-9-8-10-20(23)4-2/h5-17H,3-4,18H2,1-2H3,(H,25,27). The SMILES string of the molecule is CCc1ccc(N(CC(=O)Nc2ccccc2CC)S(=O)(=O)c2ccccc2)cc1. The van der Waals surface area contributed by atoms with E-state index in [0.717, 1.165) is 28.3 Å². The monoisotopic (exact) mass is 422 g/mol. The number of para-hydroxylation sites is 1. The van der Waals surface area contributed by atoms with Crippen molar-refractivity contribution in [1.29, 1.82) is 0 Å². The molecule has 0 radical (unpaired) electrons. The van der Waals surface area contributed by atoms with Gasteiger partial charge in [0.15, 0.2) is 0 Å². The largest absolute Gasteiger partial charge is 0.324 e. The lowest BCUT2D eigenvalue weighted by Crippen LogP contribution is -2.38. The first-order valence-electron chi connectivity index (χ1n) is 10.00. The number of carbonyl (C=O) groups excluding carboxylic acids is 1. The van der Waals surface area contributed by atoms with Crippen LogP contribution in [0.3, 0.4) is 0 Å². The van der Waals surface area contributed by atoms with Crippen LogP contribution in [0.2, 0.25) is 0 Å². The van der Waals surface area contributed by atoms with E-state index in [4.69, 9.17) is 0 Å². The molecular formula is C24H26N2O3S. The summed E-state index contributed by atoms with van der Waals surface area (Å²) in [5, 5.41) is 2.86. The normalized spacial score (nSPS) is 11.1. The Kier molecular flexibility index (Phi) is 6.90. The van der Waals surface area contributed by atoms with Crippen molar-refractivity contribution in [2.75, 3.05) is 16.2 Å². The summed E-state index contributed by atoms with van der Waals surface area (Å²) in [7, 11) is -3.90. The van der Waals surface area contributed by atoms with Gasteiger partial charge in [-0.1, -0.05) is 62.4 Å². The van der Waals surface area contributed by atoms with Gasteiger partial charge in [0.05, 0.1) is 10.6 Å². The minimum absolute atomic E-state index is 0.145. The third-order valence-corrected chi connectivity index (χ3v) is 6.71. The second kappa shape index (κ2) is 9.59. The summed E-state index contributed by atoms with van der Waals surface area (Å²) in [5.74, 6) is -0.394. The molecule has 0 saturated carbocycles. The predicted molar refractivity (Wildman–Crippen MR) is 121 cm³/mol. The summed E-state index contributed by atoms with van der Waals surface area (Å²) in [6, 6.07) is 22.9. The number of benzene rings is 3. The second-order valence-corrected chi connectivity index (χ2v) is 8.77. The summed E-state index contributed by atoms with van der Waals surface area (Å²) < 4.78 is 27.8. The summed E-state index contributed by atoms with van der Waals surface area (Å²) in [6.45, 7) is 3.72. The van der Waals surface area contributed by atoms with Gasteiger partial charge in [-0.25, -0.2) is 8.42 Å². The van der Waals surface area contributed by atoms with E-state index in [0.29, 0.717) is 11.4 Å². The van der Waals surface area contributed by atoms with Gasteiger partial charge in [0.25, 0.3) is 10.0 Å². The number of hydrogen-bond donors (Lipinski definition) is 1. The fourth-order valence-electron chi connectivity index (χ4n) is 3.20. The van der Waals surface area contributed by atoms with Crippen molar-refractivity contribution in [2.45, 2.75) is 31.6 Å². The molecule has 0 aliphatic heterocycles. The van der Waals surface area contributed by atoms with Gasteiger partial charge in [-0.2, -0.15) is 0 Å². The van der Waals surface area contributed by atoms with Gasteiger partial charge in [0.2, 0.25) is 5.91 Å². The highest BCUT2D eigenvalue weighted by Gasteiger charge is 2.27. The minimum atomic E-state index is -3.90. The van der Waals surface area contributed by atoms with Gasteiger partial charge in [-0.3, -0.25) is 9.10 Å². The van der Waals surface area contributed by atoms with Crippen LogP contribution in [0.15, 0.2) is 83.8 Å². The number of nitrogens with one attached hydrogen (secondary N) is 1. The van der Waals surface area contributed by atoms with Crippen molar-refractivity contribution < 1.29 is 13.2 Å². The molecule has 0 bridgehead atoms. The molecule has 0 spiro atoms. The Bertz CT molecular complexity index is 1090. The van der Waals surface area contributed by atoms with Crippen LogP contribution in [-0.4, -0.2) is 20.9 Å². The Balaban J connectivity index is 1.94. The first-order chi connectivity index (χ1) is 14.5. The number of carbonyl (C=O) groups is 1.